The average Bonchev–Trinajstić information content (AvgIpc) is 3.25. The summed E-state index contributed by atoms with van der Waals surface area (Å²) in [6.45, 7) is 2.82. The Hall–Kier alpha value is -2.05. The largest absolute Gasteiger partial charge is 0.417 e. The first-order valence-electron chi connectivity index (χ1n) is 10.1. The minimum Gasteiger partial charge on any atom is -0.373 e. The van der Waals surface area contributed by atoms with Gasteiger partial charge in [0, 0.05) is 30.6 Å². The summed E-state index contributed by atoms with van der Waals surface area (Å²) in [6.07, 6.45) is -5.19. The van der Waals surface area contributed by atoms with Gasteiger partial charge in [-0.15, -0.1) is 0 Å². The lowest BCUT2D eigenvalue weighted by molar-refractivity contribution is -0.137. The third-order valence-electron chi connectivity index (χ3n) is 7.30. The van der Waals surface area contributed by atoms with E-state index < -0.39 is 29.4 Å². The van der Waals surface area contributed by atoms with Gasteiger partial charge in [-0.25, -0.2) is 0 Å². The normalized spacial score (nSPS) is 36.5. The van der Waals surface area contributed by atoms with E-state index >= 15 is 0 Å². The number of rotatable bonds is 3. The van der Waals surface area contributed by atoms with Crippen LogP contribution in [0.5, 0.6) is 0 Å². The third-order valence-corrected chi connectivity index (χ3v) is 7.30. The molecule has 2 radical (unpaired) electrons. The number of carbonyl (C=O) groups excluding carboxylic acids is 1. The standard InChI is InChI=1S/C21H23BF3N3O2/c1-10-18-14(9-27(2)16(7-22)19(10)18)13-6-17(29)28(20(13)30)12-4-3-11(8-26)15(5-12)21(23,24)25/h3-5,10,13-14,16-19,29H,6-7,9H2,1-2H3/t10-,13+,14?,16-,17?,18-,19+/m0/s1. The lowest BCUT2D eigenvalue weighted by Gasteiger charge is -2.38. The maximum atomic E-state index is 13.3. The molecule has 3 aliphatic rings. The maximum absolute atomic E-state index is 13.3. The Morgan fingerprint density at radius 3 is 2.63 bits per heavy atom. The summed E-state index contributed by atoms with van der Waals surface area (Å²) in [7, 11) is 7.90. The molecule has 1 saturated carbocycles. The molecular formula is C21H23BF3N3O2. The average molecular weight is 417 g/mol. The lowest BCUT2D eigenvalue weighted by atomic mass is 9.79. The van der Waals surface area contributed by atoms with Crippen LogP contribution in [0, 0.1) is 40.9 Å². The zero-order chi connectivity index (χ0) is 22.0. The number of likely N-dealkylation sites (tertiary alicyclic amines) is 1. The minimum absolute atomic E-state index is 0.0328. The summed E-state index contributed by atoms with van der Waals surface area (Å²) in [4.78, 5) is 16.5. The summed E-state index contributed by atoms with van der Waals surface area (Å²) in [5.74, 6) is 0.392. The van der Waals surface area contributed by atoms with Crippen LogP contribution in [0.4, 0.5) is 18.9 Å². The van der Waals surface area contributed by atoms with Gasteiger partial charge in [-0.2, -0.15) is 18.4 Å². The molecule has 1 amide bonds. The lowest BCUT2D eigenvalue weighted by Crippen LogP contribution is -2.46. The van der Waals surface area contributed by atoms with E-state index in [1.54, 1.807) is 0 Å². The van der Waals surface area contributed by atoms with Gasteiger partial charge in [0.15, 0.2) is 0 Å². The van der Waals surface area contributed by atoms with Crippen molar-refractivity contribution in [1.29, 1.82) is 5.26 Å². The van der Waals surface area contributed by atoms with Crippen LogP contribution in [0.3, 0.4) is 0 Å². The third kappa shape index (κ3) is 3.21. The molecule has 3 fully saturated rings. The highest BCUT2D eigenvalue weighted by molar-refractivity contribution is 6.09. The van der Waals surface area contributed by atoms with Crippen LogP contribution in [0.2, 0.25) is 6.32 Å². The van der Waals surface area contributed by atoms with Crippen LogP contribution in [-0.4, -0.2) is 49.6 Å². The molecule has 158 valence electrons. The Morgan fingerprint density at radius 2 is 2.03 bits per heavy atom. The molecule has 2 heterocycles. The first-order chi connectivity index (χ1) is 14.1. The van der Waals surface area contributed by atoms with Crippen molar-refractivity contribution in [2.45, 2.75) is 38.1 Å². The highest BCUT2D eigenvalue weighted by Crippen LogP contribution is 2.60. The van der Waals surface area contributed by atoms with E-state index in [4.69, 9.17) is 13.1 Å². The second kappa shape index (κ2) is 7.28. The Kier molecular flexibility index (Phi) is 5.14. The van der Waals surface area contributed by atoms with Crippen molar-refractivity contribution in [2.75, 3.05) is 18.5 Å². The summed E-state index contributed by atoms with van der Waals surface area (Å²) in [5.41, 5.74) is -1.66. The number of anilines is 1. The number of nitrogens with zero attached hydrogens (tertiary/aromatic N) is 3. The van der Waals surface area contributed by atoms with Crippen LogP contribution in [0.1, 0.15) is 24.5 Å². The Bertz CT molecular complexity index is 902. The van der Waals surface area contributed by atoms with Crippen molar-refractivity contribution in [3.8, 4) is 6.07 Å². The van der Waals surface area contributed by atoms with E-state index in [0.717, 1.165) is 17.0 Å². The molecule has 30 heavy (non-hydrogen) atoms. The predicted molar refractivity (Wildman–Crippen MR) is 104 cm³/mol. The number of fused-ring (bicyclic) bond motifs is 1. The predicted octanol–water partition coefficient (Wildman–Crippen LogP) is 2.65. The number of halogens is 3. The van der Waals surface area contributed by atoms with Gasteiger partial charge in [0.05, 0.1) is 25.0 Å². The van der Waals surface area contributed by atoms with E-state index in [9.17, 15) is 23.1 Å². The number of amides is 1. The number of nitriles is 1. The van der Waals surface area contributed by atoms with Gasteiger partial charge >= 0.3 is 6.18 Å². The van der Waals surface area contributed by atoms with Crippen LogP contribution in [-0.2, 0) is 11.0 Å². The van der Waals surface area contributed by atoms with Crippen molar-refractivity contribution in [3.63, 3.8) is 0 Å². The van der Waals surface area contributed by atoms with E-state index in [-0.39, 0.29) is 30.0 Å². The molecule has 1 aromatic carbocycles. The zero-order valence-electron chi connectivity index (χ0n) is 16.8. The van der Waals surface area contributed by atoms with Gasteiger partial charge in [0.2, 0.25) is 5.91 Å². The van der Waals surface area contributed by atoms with Gasteiger partial charge in [-0.3, -0.25) is 9.69 Å². The van der Waals surface area contributed by atoms with Gasteiger partial charge < -0.3 is 10.0 Å². The molecule has 0 bridgehead atoms. The smallest absolute Gasteiger partial charge is 0.373 e. The molecule has 7 atom stereocenters. The minimum atomic E-state index is -4.73. The van der Waals surface area contributed by atoms with Crippen LogP contribution in [0.15, 0.2) is 18.2 Å². The molecular weight excluding hydrogens is 394 g/mol. The molecule has 5 nitrogen and oxygen atoms in total. The highest BCUT2D eigenvalue weighted by atomic mass is 19.4. The van der Waals surface area contributed by atoms with Gasteiger partial charge in [-0.1, -0.05) is 13.2 Å². The molecule has 1 aliphatic carbocycles. The number of aliphatic hydroxyl groups is 1. The van der Waals surface area contributed by atoms with Crippen LogP contribution in [0.25, 0.3) is 0 Å². The Morgan fingerprint density at radius 1 is 1.33 bits per heavy atom. The molecule has 1 N–H and O–H groups in total. The quantitative estimate of drug-likeness (QED) is 0.769. The summed E-state index contributed by atoms with van der Waals surface area (Å²) in [6, 6.07) is 4.92. The molecule has 2 aliphatic heterocycles. The number of benzene rings is 1. The van der Waals surface area contributed by atoms with Gasteiger partial charge in [0.25, 0.3) is 0 Å². The van der Waals surface area contributed by atoms with Crippen molar-refractivity contribution in [3.05, 3.63) is 29.3 Å². The first-order valence-corrected chi connectivity index (χ1v) is 10.1. The fourth-order valence-corrected chi connectivity index (χ4v) is 5.85. The van der Waals surface area contributed by atoms with Gasteiger partial charge in [0.1, 0.15) is 6.23 Å². The van der Waals surface area contributed by atoms with E-state index in [1.165, 1.54) is 12.1 Å². The number of alkyl halides is 3. The SMILES string of the molecule is [B]C[C@H]1[C@H]2[C@@H](C)[C@H]2C([C@H]2CC(O)N(c3ccc(C#N)c(C(F)(F)F)c3)C2=O)CN1C. The molecule has 0 spiro atoms. The molecule has 4 rings (SSSR count). The monoisotopic (exact) mass is 417 g/mol. The van der Waals surface area contributed by atoms with E-state index in [2.05, 4.69) is 11.8 Å². The first kappa shape index (κ1) is 21.2. The van der Waals surface area contributed by atoms with E-state index in [0.29, 0.717) is 30.6 Å². The summed E-state index contributed by atoms with van der Waals surface area (Å²) in [5, 5.41) is 19.6. The summed E-state index contributed by atoms with van der Waals surface area (Å²) >= 11 is 0. The number of carbonyl (C=O) groups is 1. The van der Waals surface area contributed by atoms with Gasteiger partial charge in [-0.05, 0) is 48.9 Å². The molecule has 2 unspecified atom stereocenters. The second-order valence-electron chi connectivity index (χ2n) is 8.79. The van der Waals surface area contributed by atoms with Crippen molar-refractivity contribution < 1.29 is 23.1 Å². The zero-order valence-corrected chi connectivity index (χ0v) is 16.8. The topological polar surface area (TPSA) is 67.6 Å². The maximum Gasteiger partial charge on any atom is 0.417 e. The molecule has 2 saturated heterocycles. The molecule has 9 heteroatoms. The molecule has 0 aromatic heterocycles. The van der Waals surface area contributed by atoms with Crippen LogP contribution >= 0.6 is 0 Å². The van der Waals surface area contributed by atoms with Crippen molar-refractivity contribution in [2.24, 2.45) is 29.6 Å². The van der Waals surface area contributed by atoms with Crippen LogP contribution < -0.4 is 4.90 Å². The van der Waals surface area contributed by atoms with Crippen molar-refractivity contribution >= 4 is 19.4 Å². The second-order valence-corrected chi connectivity index (χ2v) is 8.79. The number of aliphatic hydroxyl groups excluding tert-OH is 1. The molecule has 1 aromatic rings. The fraction of sp³-hybridized carbons (Fsp3) is 0.619. The van der Waals surface area contributed by atoms with Crippen molar-refractivity contribution in [1.82, 2.24) is 4.90 Å². The Labute approximate surface area is 174 Å². The number of piperidine rings is 1. The van der Waals surface area contributed by atoms with E-state index in [1.807, 2.05) is 7.05 Å². The highest BCUT2D eigenvalue weighted by Gasteiger charge is 2.61. The number of hydrogen-bond acceptors (Lipinski definition) is 4. The number of hydrogen-bond donors (Lipinski definition) is 1. The fourth-order valence-electron chi connectivity index (χ4n) is 5.85. The Balaban J connectivity index is 1.62. The summed E-state index contributed by atoms with van der Waals surface area (Å²) < 4.78 is 40.0.